The Morgan fingerprint density at radius 2 is 1.85 bits per heavy atom. The first-order valence-electron chi connectivity index (χ1n) is 6.42. The summed E-state index contributed by atoms with van der Waals surface area (Å²) in [6.45, 7) is 1.78. The molecule has 0 bridgehead atoms. The Morgan fingerprint density at radius 1 is 1.20 bits per heavy atom. The highest BCUT2D eigenvalue weighted by molar-refractivity contribution is 6.32. The largest absolute Gasteiger partial charge is 0.391 e. The molecular weight excluding hydrogens is 277 g/mol. The number of rotatable bonds is 4. The summed E-state index contributed by atoms with van der Waals surface area (Å²) in [7, 11) is 0. The van der Waals surface area contributed by atoms with Gasteiger partial charge in [0.1, 0.15) is 5.82 Å². The van der Waals surface area contributed by atoms with Gasteiger partial charge in [-0.1, -0.05) is 48.0 Å². The lowest BCUT2D eigenvalue weighted by atomic mass is 9.95. The van der Waals surface area contributed by atoms with Crippen molar-refractivity contribution in [3.63, 3.8) is 0 Å². The van der Waals surface area contributed by atoms with Crippen molar-refractivity contribution in [2.45, 2.75) is 25.5 Å². The molecule has 0 aliphatic rings. The molecule has 20 heavy (non-hydrogen) atoms. The first kappa shape index (κ1) is 15.0. The zero-order chi connectivity index (χ0) is 14.7. The van der Waals surface area contributed by atoms with E-state index in [1.165, 1.54) is 6.07 Å². The van der Waals surface area contributed by atoms with Crippen LogP contribution in [0.25, 0.3) is 0 Å². The van der Waals surface area contributed by atoms with Crippen molar-refractivity contribution in [2.24, 2.45) is 5.73 Å². The minimum Gasteiger partial charge on any atom is -0.391 e. The van der Waals surface area contributed by atoms with E-state index in [1.807, 2.05) is 30.3 Å². The molecule has 0 aromatic heterocycles. The first-order chi connectivity index (χ1) is 9.50. The number of hydrogen-bond acceptors (Lipinski definition) is 2. The van der Waals surface area contributed by atoms with Crippen LogP contribution in [-0.2, 0) is 6.42 Å². The number of aliphatic hydroxyl groups excluding tert-OH is 1. The molecule has 4 heteroatoms. The summed E-state index contributed by atoms with van der Waals surface area (Å²) in [5, 5.41) is 10.5. The van der Waals surface area contributed by atoms with Crippen LogP contribution < -0.4 is 5.73 Å². The highest BCUT2D eigenvalue weighted by atomic mass is 35.5. The van der Waals surface area contributed by atoms with Gasteiger partial charge in [0.2, 0.25) is 0 Å². The third-order valence-electron chi connectivity index (χ3n) is 3.36. The first-order valence-corrected chi connectivity index (χ1v) is 6.80. The van der Waals surface area contributed by atoms with E-state index in [4.69, 9.17) is 17.3 Å². The van der Waals surface area contributed by atoms with E-state index in [2.05, 4.69) is 0 Å². The van der Waals surface area contributed by atoms with Crippen LogP contribution in [0.2, 0.25) is 5.02 Å². The van der Waals surface area contributed by atoms with E-state index >= 15 is 0 Å². The van der Waals surface area contributed by atoms with E-state index in [9.17, 15) is 9.50 Å². The number of hydrogen-bond donors (Lipinski definition) is 2. The molecule has 0 amide bonds. The van der Waals surface area contributed by atoms with Gasteiger partial charge >= 0.3 is 0 Å². The molecule has 0 heterocycles. The molecular formula is C16H17ClFNO. The lowest BCUT2D eigenvalue weighted by Crippen LogP contribution is -2.29. The predicted octanol–water partition coefficient (Wildman–Crippen LogP) is 3.39. The van der Waals surface area contributed by atoms with E-state index in [0.717, 1.165) is 11.1 Å². The van der Waals surface area contributed by atoms with Crippen LogP contribution >= 0.6 is 11.6 Å². The van der Waals surface area contributed by atoms with Gasteiger partial charge in [-0.05, 0) is 24.1 Å². The molecule has 2 atom stereocenters. The van der Waals surface area contributed by atoms with E-state index in [-0.39, 0.29) is 10.6 Å². The van der Waals surface area contributed by atoms with Crippen LogP contribution in [0, 0.1) is 12.7 Å². The second-order valence-corrected chi connectivity index (χ2v) is 5.25. The van der Waals surface area contributed by atoms with Crippen LogP contribution in [0.3, 0.4) is 0 Å². The maximum atomic E-state index is 13.9. The Hall–Kier alpha value is -1.42. The summed E-state index contributed by atoms with van der Waals surface area (Å²) >= 11 is 6.11. The standard InChI is InChI=1S/C16H17ClFNO/c1-10-7-8-12(18)14(15(10)17)16(19)13(20)9-11-5-3-2-4-6-11/h2-8,13,16,20H,9,19H2,1H3/t13-,16-/m1/s1. The molecule has 0 radical (unpaired) electrons. The summed E-state index contributed by atoms with van der Waals surface area (Å²) in [6.07, 6.45) is -0.544. The number of nitrogens with two attached hydrogens (primary N) is 1. The average Bonchev–Trinajstić information content (AvgIpc) is 2.44. The summed E-state index contributed by atoms with van der Waals surface area (Å²) in [4.78, 5) is 0. The average molecular weight is 294 g/mol. The molecule has 0 saturated carbocycles. The molecule has 2 nitrogen and oxygen atoms in total. The van der Waals surface area contributed by atoms with Crippen molar-refractivity contribution in [3.8, 4) is 0 Å². The molecule has 2 aromatic rings. The smallest absolute Gasteiger partial charge is 0.129 e. The van der Waals surface area contributed by atoms with Crippen LogP contribution in [0.5, 0.6) is 0 Å². The summed E-state index contributed by atoms with van der Waals surface area (Å²) in [6, 6.07) is 11.5. The fraction of sp³-hybridized carbons (Fsp3) is 0.250. The molecule has 0 spiro atoms. The van der Waals surface area contributed by atoms with Crippen molar-refractivity contribution in [3.05, 3.63) is 70.0 Å². The van der Waals surface area contributed by atoms with Crippen molar-refractivity contribution in [1.29, 1.82) is 0 Å². The molecule has 0 aliphatic heterocycles. The van der Waals surface area contributed by atoms with Gasteiger partial charge in [-0.15, -0.1) is 0 Å². The third kappa shape index (κ3) is 3.18. The lowest BCUT2D eigenvalue weighted by Gasteiger charge is -2.21. The zero-order valence-corrected chi connectivity index (χ0v) is 11.9. The van der Waals surface area contributed by atoms with Crippen molar-refractivity contribution >= 4 is 11.6 Å². The monoisotopic (exact) mass is 293 g/mol. The molecule has 0 fully saturated rings. The number of halogens is 2. The minimum absolute atomic E-state index is 0.176. The van der Waals surface area contributed by atoms with Crippen molar-refractivity contribution in [2.75, 3.05) is 0 Å². The minimum atomic E-state index is -0.897. The molecule has 0 aliphatic carbocycles. The van der Waals surface area contributed by atoms with Crippen LogP contribution in [0.1, 0.15) is 22.7 Å². The quantitative estimate of drug-likeness (QED) is 0.907. The third-order valence-corrected chi connectivity index (χ3v) is 3.86. The van der Waals surface area contributed by atoms with Gasteiger partial charge in [-0.3, -0.25) is 0 Å². The molecule has 2 aromatic carbocycles. The highest BCUT2D eigenvalue weighted by Gasteiger charge is 2.23. The van der Waals surface area contributed by atoms with Crippen molar-refractivity contribution in [1.82, 2.24) is 0 Å². The summed E-state index contributed by atoms with van der Waals surface area (Å²) in [5.41, 5.74) is 7.84. The molecule has 106 valence electrons. The molecule has 3 N–H and O–H groups in total. The topological polar surface area (TPSA) is 46.2 Å². The predicted molar refractivity (Wildman–Crippen MR) is 79.2 cm³/mol. The van der Waals surface area contributed by atoms with Gasteiger partial charge in [-0.2, -0.15) is 0 Å². The van der Waals surface area contributed by atoms with E-state index in [0.29, 0.717) is 6.42 Å². The fourth-order valence-electron chi connectivity index (χ4n) is 2.16. The zero-order valence-electron chi connectivity index (χ0n) is 11.2. The van der Waals surface area contributed by atoms with Crippen LogP contribution in [0.4, 0.5) is 4.39 Å². The molecule has 0 saturated heterocycles. The van der Waals surface area contributed by atoms with E-state index < -0.39 is 18.0 Å². The maximum Gasteiger partial charge on any atom is 0.129 e. The van der Waals surface area contributed by atoms with Gasteiger partial charge < -0.3 is 10.8 Å². The lowest BCUT2D eigenvalue weighted by molar-refractivity contribution is 0.143. The number of aryl methyl sites for hydroxylation is 1. The number of benzene rings is 2. The normalized spacial score (nSPS) is 14.1. The Labute approximate surface area is 123 Å². The highest BCUT2D eigenvalue weighted by Crippen LogP contribution is 2.30. The second-order valence-electron chi connectivity index (χ2n) is 4.87. The van der Waals surface area contributed by atoms with Gasteiger partial charge in [-0.25, -0.2) is 4.39 Å². The van der Waals surface area contributed by atoms with Crippen molar-refractivity contribution < 1.29 is 9.50 Å². The molecule has 2 rings (SSSR count). The Bertz CT molecular complexity index is 589. The van der Waals surface area contributed by atoms with Crippen LogP contribution in [-0.4, -0.2) is 11.2 Å². The Balaban J connectivity index is 2.23. The number of aliphatic hydroxyl groups is 1. The van der Waals surface area contributed by atoms with Gasteiger partial charge in [0.25, 0.3) is 0 Å². The maximum absolute atomic E-state index is 13.9. The fourth-order valence-corrected chi connectivity index (χ4v) is 2.44. The van der Waals surface area contributed by atoms with Gasteiger partial charge in [0.15, 0.2) is 0 Å². The summed E-state index contributed by atoms with van der Waals surface area (Å²) in [5.74, 6) is -0.486. The summed E-state index contributed by atoms with van der Waals surface area (Å²) < 4.78 is 13.9. The Morgan fingerprint density at radius 3 is 2.50 bits per heavy atom. The SMILES string of the molecule is Cc1ccc(F)c([C@H](N)[C@H](O)Cc2ccccc2)c1Cl. The second kappa shape index (κ2) is 6.35. The molecule has 0 unspecified atom stereocenters. The van der Waals surface area contributed by atoms with E-state index in [1.54, 1.807) is 13.0 Å². The van der Waals surface area contributed by atoms with Gasteiger partial charge in [0, 0.05) is 12.0 Å². The van der Waals surface area contributed by atoms with Gasteiger partial charge in [0.05, 0.1) is 17.2 Å². The Kier molecular flexibility index (Phi) is 4.76. The van der Waals surface area contributed by atoms with Crippen LogP contribution in [0.15, 0.2) is 42.5 Å².